The van der Waals surface area contributed by atoms with E-state index in [1.807, 2.05) is 18.8 Å². The third kappa shape index (κ3) is 1.75. The quantitative estimate of drug-likeness (QED) is 0.822. The Morgan fingerprint density at radius 2 is 2.20 bits per heavy atom. The smallest absolute Gasteiger partial charge is 0.0928 e. The van der Waals surface area contributed by atoms with Gasteiger partial charge in [-0.1, -0.05) is 12.1 Å². The molecule has 2 aromatic rings. The molecular formula is C12H17N3. The number of rotatable bonds is 3. The maximum Gasteiger partial charge on any atom is 0.0928 e. The second kappa shape index (κ2) is 4.03. The highest BCUT2D eigenvalue weighted by atomic mass is 15.3. The van der Waals surface area contributed by atoms with Crippen LogP contribution in [0.5, 0.6) is 0 Å². The standard InChI is InChI=1S/C12H17N3/c1-9-5-4-6-10-12(9)11(7-8-13-2)15(3)14-10/h4-6,13H,7-8H2,1-3H3. The van der Waals surface area contributed by atoms with Gasteiger partial charge >= 0.3 is 0 Å². The molecule has 0 spiro atoms. The van der Waals surface area contributed by atoms with Gasteiger partial charge in [0.1, 0.15) is 0 Å². The van der Waals surface area contributed by atoms with Crippen molar-refractivity contribution < 1.29 is 0 Å². The number of fused-ring (bicyclic) bond motifs is 1. The van der Waals surface area contributed by atoms with E-state index in [0.29, 0.717) is 0 Å². The summed E-state index contributed by atoms with van der Waals surface area (Å²) in [5, 5.41) is 9.01. The van der Waals surface area contributed by atoms with Crippen molar-refractivity contribution in [3.05, 3.63) is 29.5 Å². The topological polar surface area (TPSA) is 29.9 Å². The van der Waals surface area contributed by atoms with Crippen LogP contribution >= 0.6 is 0 Å². The first-order valence-corrected chi connectivity index (χ1v) is 5.30. The maximum absolute atomic E-state index is 4.52. The van der Waals surface area contributed by atoms with Gasteiger partial charge in [-0.3, -0.25) is 4.68 Å². The SMILES string of the molecule is CNCCc1c2c(C)cccc2nn1C. The lowest BCUT2D eigenvalue weighted by molar-refractivity contribution is 0.688. The largest absolute Gasteiger partial charge is 0.319 e. The van der Waals surface area contributed by atoms with Gasteiger partial charge in [0.25, 0.3) is 0 Å². The highest BCUT2D eigenvalue weighted by molar-refractivity contribution is 5.84. The molecule has 0 saturated carbocycles. The zero-order chi connectivity index (χ0) is 10.8. The van der Waals surface area contributed by atoms with Crippen LogP contribution in [-0.2, 0) is 13.5 Å². The van der Waals surface area contributed by atoms with Gasteiger partial charge < -0.3 is 5.32 Å². The molecular weight excluding hydrogens is 186 g/mol. The lowest BCUT2D eigenvalue weighted by Gasteiger charge is -2.03. The molecule has 80 valence electrons. The zero-order valence-electron chi connectivity index (χ0n) is 9.54. The van der Waals surface area contributed by atoms with Crippen molar-refractivity contribution >= 4 is 10.9 Å². The Morgan fingerprint density at radius 3 is 2.93 bits per heavy atom. The van der Waals surface area contributed by atoms with Crippen LogP contribution in [0.25, 0.3) is 10.9 Å². The monoisotopic (exact) mass is 203 g/mol. The summed E-state index contributed by atoms with van der Waals surface area (Å²) in [6.07, 6.45) is 1.02. The van der Waals surface area contributed by atoms with Crippen LogP contribution in [-0.4, -0.2) is 23.4 Å². The number of nitrogens with one attached hydrogen (secondary N) is 1. The number of hydrogen-bond donors (Lipinski definition) is 1. The Morgan fingerprint density at radius 1 is 1.40 bits per heavy atom. The fourth-order valence-corrected chi connectivity index (χ4v) is 2.03. The summed E-state index contributed by atoms with van der Waals surface area (Å²) >= 11 is 0. The molecule has 0 aliphatic heterocycles. The Hall–Kier alpha value is -1.35. The third-order valence-electron chi connectivity index (χ3n) is 2.80. The summed E-state index contributed by atoms with van der Waals surface area (Å²) in [5.74, 6) is 0. The molecule has 0 aliphatic carbocycles. The Labute approximate surface area is 90.1 Å². The molecule has 1 N–H and O–H groups in total. The van der Waals surface area contributed by atoms with Crippen LogP contribution in [0.15, 0.2) is 18.2 Å². The predicted molar refractivity (Wildman–Crippen MR) is 63.1 cm³/mol. The normalized spacial score (nSPS) is 11.1. The number of likely N-dealkylation sites (N-methyl/N-ethyl adjacent to an activating group) is 1. The molecule has 15 heavy (non-hydrogen) atoms. The van der Waals surface area contributed by atoms with Crippen molar-refractivity contribution in [3.8, 4) is 0 Å². The van der Waals surface area contributed by atoms with Crippen molar-refractivity contribution in [2.24, 2.45) is 7.05 Å². The predicted octanol–water partition coefficient (Wildman–Crippen LogP) is 1.64. The number of nitrogens with zero attached hydrogens (tertiary/aromatic N) is 2. The van der Waals surface area contributed by atoms with Gasteiger partial charge in [-0.05, 0) is 25.6 Å². The van der Waals surface area contributed by atoms with E-state index in [9.17, 15) is 0 Å². The van der Waals surface area contributed by atoms with E-state index in [1.165, 1.54) is 16.6 Å². The van der Waals surface area contributed by atoms with Gasteiger partial charge in [-0.25, -0.2) is 0 Å². The number of benzene rings is 1. The van der Waals surface area contributed by atoms with Crippen molar-refractivity contribution in [2.45, 2.75) is 13.3 Å². The summed E-state index contributed by atoms with van der Waals surface area (Å²) < 4.78 is 2.00. The molecule has 3 nitrogen and oxygen atoms in total. The molecule has 0 saturated heterocycles. The Balaban J connectivity index is 2.55. The van der Waals surface area contributed by atoms with Gasteiger partial charge in [-0.15, -0.1) is 0 Å². The van der Waals surface area contributed by atoms with E-state index in [0.717, 1.165) is 18.5 Å². The minimum Gasteiger partial charge on any atom is -0.319 e. The minimum absolute atomic E-state index is 0.989. The van der Waals surface area contributed by atoms with E-state index < -0.39 is 0 Å². The third-order valence-corrected chi connectivity index (χ3v) is 2.80. The first-order chi connectivity index (χ1) is 7.24. The fraction of sp³-hybridized carbons (Fsp3) is 0.417. The molecule has 2 rings (SSSR count). The highest BCUT2D eigenvalue weighted by Crippen LogP contribution is 2.21. The molecule has 0 aliphatic rings. The summed E-state index contributed by atoms with van der Waals surface area (Å²) in [6, 6.07) is 6.28. The number of hydrogen-bond acceptors (Lipinski definition) is 2. The fourth-order valence-electron chi connectivity index (χ4n) is 2.03. The van der Waals surface area contributed by atoms with Crippen LogP contribution in [0.3, 0.4) is 0 Å². The van der Waals surface area contributed by atoms with Crippen molar-refractivity contribution in [1.82, 2.24) is 15.1 Å². The van der Waals surface area contributed by atoms with Crippen LogP contribution in [0.1, 0.15) is 11.3 Å². The summed E-state index contributed by atoms with van der Waals surface area (Å²) in [5.41, 5.74) is 3.73. The molecule has 1 heterocycles. The summed E-state index contributed by atoms with van der Waals surface area (Å²) in [4.78, 5) is 0. The van der Waals surface area contributed by atoms with E-state index in [2.05, 4.69) is 35.5 Å². The van der Waals surface area contributed by atoms with Gasteiger partial charge in [0, 0.05) is 31.1 Å². The van der Waals surface area contributed by atoms with Crippen molar-refractivity contribution in [2.75, 3.05) is 13.6 Å². The lowest BCUT2D eigenvalue weighted by Crippen LogP contribution is -2.12. The van der Waals surface area contributed by atoms with Crippen molar-refractivity contribution in [1.29, 1.82) is 0 Å². The maximum atomic E-state index is 4.52. The van der Waals surface area contributed by atoms with Crippen LogP contribution < -0.4 is 5.32 Å². The van der Waals surface area contributed by atoms with E-state index >= 15 is 0 Å². The Bertz CT molecular complexity index is 471. The Kier molecular flexibility index (Phi) is 2.73. The average molecular weight is 203 g/mol. The second-order valence-electron chi connectivity index (χ2n) is 3.89. The van der Waals surface area contributed by atoms with E-state index in [4.69, 9.17) is 0 Å². The van der Waals surface area contributed by atoms with E-state index in [1.54, 1.807) is 0 Å². The average Bonchev–Trinajstić information content (AvgIpc) is 2.53. The lowest BCUT2D eigenvalue weighted by atomic mass is 10.1. The number of aryl methyl sites for hydroxylation is 2. The van der Waals surface area contributed by atoms with Crippen LogP contribution in [0, 0.1) is 6.92 Å². The summed E-state index contributed by atoms with van der Waals surface area (Å²) in [6.45, 7) is 3.13. The first-order valence-electron chi connectivity index (χ1n) is 5.30. The molecule has 0 atom stereocenters. The van der Waals surface area contributed by atoms with Gasteiger partial charge in [0.05, 0.1) is 5.52 Å². The van der Waals surface area contributed by atoms with Crippen LogP contribution in [0.2, 0.25) is 0 Å². The molecule has 0 fully saturated rings. The van der Waals surface area contributed by atoms with Gasteiger partial charge in [0.2, 0.25) is 0 Å². The summed E-state index contributed by atoms with van der Waals surface area (Å²) in [7, 11) is 4.00. The number of aromatic nitrogens is 2. The first kappa shape index (κ1) is 10.2. The molecule has 1 aromatic carbocycles. The zero-order valence-corrected chi connectivity index (χ0v) is 9.54. The molecule has 0 amide bonds. The molecule has 0 unspecified atom stereocenters. The van der Waals surface area contributed by atoms with Gasteiger partial charge in [-0.2, -0.15) is 5.10 Å². The molecule has 1 aromatic heterocycles. The molecule has 0 radical (unpaired) electrons. The molecule has 3 heteroatoms. The van der Waals surface area contributed by atoms with E-state index in [-0.39, 0.29) is 0 Å². The molecule has 0 bridgehead atoms. The van der Waals surface area contributed by atoms with Gasteiger partial charge in [0.15, 0.2) is 0 Å². The highest BCUT2D eigenvalue weighted by Gasteiger charge is 2.09. The van der Waals surface area contributed by atoms with Crippen molar-refractivity contribution in [3.63, 3.8) is 0 Å². The van der Waals surface area contributed by atoms with Crippen LogP contribution in [0.4, 0.5) is 0 Å². The second-order valence-corrected chi connectivity index (χ2v) is 3.89. The minimum atomic E-state index is 0.989.